The molecule has 1 aliphatic heterocycles. The van der Waals surface area contributed by atoms with Crippen LogP contribution in [0.3, 0.4) is 0 Å². The van der Waals surface area contributed by atoms with Crippen molar-refractivity contribution >= 4 is 13.2 Å². The van der Waals surface area contributed by atoms with Crippen molar-refractivity contribution in [1.29, 1.82) is 0 Å². The molecular weight excluding hydrogens is 351 g/mol. The van der Waals surface area contributed by atoms with Crippen LogP contribution in [0.25, 0.3) is 6.08 Å². The molecule has 4 nitrogen and oxygen atoms in total. The monoisotopic (exact) mass is 373 g/mol. The minimum Gasteiger partial charge on any atom is -0.398 e. The zero-order chi connectivity index (χ0) is 19.8. The zero-order valence-corrected chi connectivity index (χ0v) is 15.8. The van der Waals surface area contributed by atoms with Crippen molar-refractivity contribution in [1.82, 2.24) is 4.57 Å². The largest absolute Gasteiger partial charge is 0.525 e. The van der Waals surface area contributed by atoms with Crippen LogP contribution >= 0.6 is 0 Å². The Labute approximate surface area is 157 Å². The number of halogens is 2. The van der Waals surface area contributed by atoms with Gasteiger partial charge in [-0.25, -0.2) is 8.78 Å². The molecule has 1 fully saturated rings. The molecule has 1 saturated heterocycles. The van der Waals surface area contributed by atoms with Gasteiger partial charge < -0.3 is 13.9 Å². The topological polar surface area (TPSA) is 40.5 Å². The zero-order valence-electron chi connectivity index (χ0n) is 15.8. The standard InChI is InChI=1S/C20H22BF2NO3/c1-19(2)20(3,4)27-21(26-19)17(23)11-15-7-10-18(25)24(13-15)12-14-5-8-16(22)9-6-14/h5-11,13H,12H2,1-4H3. The van der Waals surface area contributed by atoms with Gasteiger partial charge in [-0.05, 0) is 63.1 Å². The number of hydrogen-bond donors (Lipinski definition) is 0. The van der Waals surface area contributed by atoms with Crippen molar-refractivity contribution in [2.24, 2.45) is 0 Å². The normalized spacial score (nSPS) is 18.7. The molecule has 0 saturated carbocycles. The lowest BCUT2D eigenvalue weighted by Gasteiger charge is -2.32. The molecule has 0 amide bonds. The first-order chi connectivity index (χ1) is 12.6. The van der Waals surface area contributed by atoms with Crippen LogP contribution in [0.1, 0.15) is 38.8 Å². The van der Waals surface area contributed by atoms with E-state index in [-0.39, 0.29) is 17.9 Å². The van der Waals surface area contributed by atoms with E-state index in [1.54, 1.807) is 18.3 Å². The Morgan fingerprint density at radius 2 is 1.67 bits per heavy atom. The predicted octanol–water partition coefficient (Wildman–Crippen LogP) is 3.98. The molecule has 1 aromatic heterocycles. The number of benzene rings is 1. The van der Waals surface area contributed by atoms with Crippen LogP contribution in [0.5, 0.6) is 0 Å². The summed E-state index contributed by atoms with van der Waals surface area (Å²) in [6.07, 6.45) is 2.85. The van der Waals surface area contributed by atoms with E-state index < -0.39 is 24.0 Å². The fourth-order valence-electron chi connectivity index (χ4n) is 2.73. The molecule has 0 radical (unpaired) electrons. The summed E-state index contributed by atoms with van der Waals surface area (Å²) >= 11 is 0. The summed E-state index contributed by atoms with van der Waals surface area (Å²) in [5.41, 5.74) is -0.794. The Morgan fingerprint density at radius 3 is 2.26 bits per heavy atom. The lowest BCUT2D eigenvalue weighted by Crippen LogP contribution is -2.41. The molecule has 0 unspecified atom stereocenters. The maximum Gasteiger partial charge on any atom is 0.525 e. The molecule has 0 atom stereocenters. The molecule has 3 rings (SSSR count). The molecule has 27 heavy (non-hydrogen) atoms. The minimum atomic E-state index is -1.09. The summed E-state index contributed by atoms with van der Waals surface area (Å²) in [6.45, 7) is 7.66. The Hall–Kier alpha value is -2.25. The van der Waals surface area contributed by atoms with E-state index in [1.165, 1.54) is 34.9 Å². The van der Waals surface area contributed by atoms with Gasteiger partial charge in [0.15, 0.2) is 0 Å². The quantitative estimate of drug-likeness (QED) is 0.762. The Balaban J connectivity index is 1.82. The SMILES string of the molecule is CC1(C)OB(C(F)=Cc2ccc(=O)n(Cc3ccc(F)cc3)c2)OC1(C)C. The van der Waals surface area contributed by atoms with Gasteiger partial charge >= 0.3 is 7.12 Å². The summed E-state index contributed by atoms with van der Waals surface area (Å²) in [5, 5.41) is 0. The van der Waals surface area contributed by atoms with Gasteiger partial charge in [-0.3, -0.25) is 4.79 Å². The molecule has 7 heteroatoms. The highest BCUT2D eigenvalue weighted by Crippen LogP contribution is 2.39. The van der Waals surface area contributed by atoms with Crippen molar-refractivity contribution in [3.05, 3.63) is 75.6 Å². The summed E-state index contributed by atoms with van der Waals surface area (Å²) in [4.78, 5) is 12.1. The van der Waals surface area contributed by atoms with Gasteiger partial charge in [0.1, 0.15) is 11.5 Å². The van der Waals surface area contributed by atoms with E-state index >= 15 is 0 Å². The molecule has 0 N–H and O–H groups in total. The molecule has 2 aromatic rings. The smallest absolute Gasteiger partial charge is 0.398 e. The maximum atomic E-state index is 14.7. The van der Waals surface area contributed by atoms with Crippen LogP contribution in [0.4, 0.5) is 8.78 Å². The second-order valence-corrected chi connectivity index (χ2v) is 7.67. The summed E-state index contributed by atoms with van der Waals surface area (Å²) in [6, 6.07) is 8.79. The van der Waals surface area contributed by atoms with Crippen molar-refractivity contribution in [3.63, 3.8) is 0 Å². The van der Waals surface area contributed by atoms with Gasteiger partial charge in [0, 0.05) is 12.3 Å². The second kappa shape index (κ2) is 7.05. The second-order valence-electron chi connectivity index (χ2n) is 7.67. The van der Waals surface area contributed by atoms with E-state index in [4.69, 9.17) is 9.31 Å². The Morgan fingerprint density at radius 1 is 1.07 bits per heavy atom. The van der Waals surface area contributed by atoms with Crippen LogP contribution < -0.4 is 5.56 Å². The Kier molecular flexibility index (Phi) is 5.10. The first-order valence-electron chi connectivity index (χ1n) is 8.75. The number of pyridine rings is 1. The molecule has 0 spiro atoms. The van der Waals surface area contributed by atoms with Crippen LogP contribution in [0, 0.1) is 5.82 Å². The number of rotatable bonds is 4. The highest BCUT2D eigenvalue weighted by molar-refractivity contribution is 6.54. The Bertz CT molecular complexity index is 904. The van der Waals surface area contributed by atoms with Crippen molar-refractivity contribution < 1.29 is 18.1 Å². The van der Waals surface area contributed by atoms with Crippen molar-refractivity contribution in [2.75, 3.05) is 0 Å². The fourth-order valence-corrected chi connectivity index (χ4v) is 2.73. The van der Waals surface area contributed by atoms with Gasteiger partial charge in [0.25, 0.3) is 5.56 Å². The summed E-state index contributed by atoms with van der Waals surface area (Å²) in [5.74, 6) is -0.340. The third kappa shape index (κ3) is 4.20. The molecule has 0 aliphatic carbocycles. The third-order valence-electron chi connectivity index (χ3n) is 5.06. The van der Waals surface area contributed by atoms with Crippen LogP contribution in [0.2, 0.25) is 0 Å². The van der Waals surface area contributed by atoms with E-state index in [9.17, 15) is 13.6 Å². The van der Waals surface area contributed by atoms with Crippen LogP contribution in [-0.2, 0) is 15.9 Å². The predicted molar refractivity (Wildman–Crippen MR) is 101 cm³/mol. The first kappa shape index (κ1) is 19.5. The van der Waals surface area contributed by atoms with Crippen LogP contribution in [0.15, 0.2) is 53.1 Å². The highest BCUT2D eigenvalue weighted by Gasteiger charge is 2.53. The van der Waals surface area contributed by atoms with Gasteiger partial charge in [-0.1, -0.05) is 12.1 Å². The average molecular weight is 373 g/mol. The van der Waals surface area contributed by atoms with Gasteiger partial charge in [-0.2, -0.15) is 0 Å². The molecule has 1 aliphatic rings. The minimum absolute atomic E-state index is 0.229. The van der Waals surface area contributed by atoms with Crippen LogP contribution in [-0.4, -0.2) is 22.9 Å². The van der Waals surface area contributed by atoms with E-state index in [0.29, 0.717) is 5.56 Å². The average Bonchev–Trinajstić information content (AvgIpc) is 2.81. The van der Waals surface area contributed by atoms with E-state index in [0.717, 1.165) is 5.56 Å². The van der Waals surface area contributed by atoms with Crippen molar-refractivity contribution in [3.8, 4) is 0 Å². The lowest BCUT2D eigenvalue weighted by molar-refractivity contribution is 0.00578. The summed E-state index contributed by atoms with van der Waals surface area (Å²) < 4.78 is 40.5. The van der Waals surface area contributed by atoms with Crippen molar-refractivity contribution in [2.45, 2.75) is 45.4 Å². The van der Waals surface area contributed by atoms with E-state index in [1.807, 2.05) is 27.7 Å². The highest BCUT2D eigenvalue weighted by atomic mass is 19.1. The van der Waals surface area contributed by atoms with Gasteiger partial charge in [0.2, 0.25) is 0 Å². The fraction of sp³-hybridized carbons (Fsp3) is 0.350. The third-order valence-corrected chi connectivity index (χ3v) is 5.06. The molecule has 142 valence electrons. The number of nitrogens with zero attached hydrogens (tertiary/aromatic N) is 1. The lowest BCUT2D eigenvalue weighted by atomic mass is 9.87. The molecule has 0 bridgehead atoms. The van der Waals surface area contributed by atoms with Gasteiger partial charge in [-0.15, -0.1) is 0 Å². The maximum absolute atomic E-state index is 14.7. The summed E-state index contributed by atoms with van der Waals surface area (Å²) in [7, 11) is -1.09. The number of hydrogen-bond acceptors (Lipinski definition) is 3. The molecule has 1 aromatic carbocycles. The molecule has 2 heterocycles. The first-order valence-corrected chi connectivity index (χ1v) is 8.75. The molecular formula is C20H22BF2NO3. The van der Waals surface area contributed by atoms with Gasteiger partial charge in [0.05, 0.1) is 17.7 Å². The number of aromatic nitrogens is 1. The van der Waals surface area contributed by atoms with E-state index in [2.05, 4.69) is 0 Å².